The fourth-order valence-electron chi connectivity index (χ4n) is 2.53. The highest BCUT2D eigenvalue weighted by Gasteiger charge is 2.24. The standard InChI is InChI=1S/C17H25FN2O4/c1-17(2,3)24-16(22)19-13(11-21)12-5-4-6-14(15(12)18)20-7-9-23-10-8-20/h4-6,13,21H,7-11H2,1-3H3,(H,19,22). The van der Waals surface area contributed by atoms with Crippen molar-refractivity contribution < 1.29 is 23.8 Å². The van der Waals surface area contributed by atoms with Gasteiger partial charge in [-0.1, -0.05) is 12.1 Å². The van der Waals surface area contributed by atoms with Crippen LogP contribution in [-0.2, 0) is 9.47 Å². The first kappa shape index (κ1) is 18.5. The number of alkyl carbamates (subject to hydrolysis) is 1. The highest BCUT2D eigenvalue weighted by Crippen LogP contribution is 2.27. The van der Waals surface area contributed by atoms with Crippen molar-refractivity contribution in [2.24, 2.45) is 0 Å². The lowest BCUT2D eigenvalue weighted by Gasteiger charge is -2.30. The Morgan fingerprint density at radius 1 is 1.42 bits per heavy atom. The maximum Gasteiger partial charge on any atom is 0.408 e. The summed E-state index contributed by atoms with van der Waals surface area (Å²) >= 11 is 0. The summed E-state index contributed by atoms with van der Waals surface area (Å²) in [6.07, 6.45) is -0.697. The summed E-state index contributed by atoms with van der Waals surface area (Å²) in [5.41, 5.74) is 0.00532. The number of rotatable bonds is 4. The summed E-state index contributed by atoms with van der Waals surface area (Å²) in [5, 5.41) is 12.1. The van der Waals surface area contributed by atoms with Gasteiger partial charge in [0, 0.05) is 18.7 Å². The number of carbonyl (C=O) groups is 1. The predicted octanol–water partition coefficient (Wildman–Crippen LogP) is 2.22. The molecule has 1 aromatic rings. The third-order valence-corrected chi connectivity index (χ3v) is 3.61. The van der Waals surface area contributed by atoms with Crippen LogP contribution in [0.3, 0.4) is 0 Å². The molecule has 0 radical (unpaired) electrons. The van der Waals surface area contributed by atoms with Gasteiger partial charge >= 0.3 is 6.09 Å². The van der Waals surface area contributed by atoms with E-state index >= 15 is 0 Å². The summed E-state index contributed by atoms with van der Waals surface area (Å²) in [7, 11) is 0. The Bertz CT molecular complexity index is 568. The summed E-state index contributed by atoms with van der Waals surface area (Å²) in [5.74, 6) is -0.450. The Labute approximate surface area is 141 Å². The highest BCUT2D eigenvalue weighted by molar-refractivity contribution is 5.68. The number of carbonyl (C=O) groups excluding carboxylic acids is 1. The van der Waals surface area contributed by atoms with Crippen LogP contribution in [0.1, 0.15) is 32.4 Å². The van der Waals surface area contributed by atoms with E-state index in [-0.39, 0.29) is 5.56 Å². The average Bonchev–Trinajstić information content (AvgIpc) is 2.52. The van der Waals surface area contributed by atoms with E-state index in [4.69, 9.17) is 9.47 Å². The Hall–Kier alpha value is -1.86. The number of anilines is 1. The first-order chi connectivity index (χ1) is 11.3. The molecule has 0 bridgehead atoms. The number of benzene rings is 1. The summed E-state index contributed by atoms with van der Waals surface area (Å²) in [4.78, 5) is 13.8. The van der Waals surface area contributed by atoms with Crippen LogP contribution in [0.25, 0.3) is 0 Å². The van der Waals surface area contributed by atoms with Crippen molar-refractivity contribution in [2.75, 3.05) is 37.8 Å². The van der Waals surface area contributed by atoms with Gasteiger partial charge in [-0.05, 0) is 26.8 Å². The van der Waals surface area contributed by atoms with E-state index < -0.39 is 30.2 Å². The van der Waals surface area contributed by atoms with Crippen molar-refractivity contribution in [2.45, 2.75) is 32.4 Å². The molecule has 1 aromatic carbocycles. The third-order valence-electron chi connectivity index (χ3n) is 3.61. The van der Waals surface area contributed by atoms with Crippen molar-refractivity contribution in [3.05, 3.63) is 29.6 Å². The lowest BCUT2D eigenvalue weighted by Crippen LogP contribution is -2.38. The number of aliphatic hydroxyl groups excluding tert-OH is 1. The van der Waals surface area contributed by atoms with Crippen molar-refractivity contribution in [3.8, 4) is 0 Å². The Balaban J connectivity index is 2.17. The van der Waals surface area contributed by atoms with E-state index in [0.717, 1.165) is 0 Å². The molecule has 0 spiro atoms. The minimum Gasteiger partial charge on any atom is -0.444 e. The second-order valence-corrected chi connectivity index (χ2v) is 6.66. The molecule has 1 heterocycles. The van der Waals surface area contributed by atoms with Gasteiger partial charge in [0.1, 0.15) is 5.60 Å². The monoisotopic (exact) mass is 340 g/mol. The molecular weight excluding hydrogens is 315 g/mol. The van der Waals surface area contributed by atoms with Crippen LogP contribution in [0.15, 0.2) is 18.2 Å². The lowest BCUT2D eigenvalue weighted by molar-refractivity contribution is 0.0480. The second kappa shape index (κ2) is 7.81. The fraction of sp³-hybridized carbons (Fsp3) is 0.588. The number of aliphatic hydroxyl groups is 1. The zero-order chi connectivity index (χ0) is 17.7. The topological polar surface area (TPSA) is 71.0 Å². The SMILES string of the molecule is CC(C)(C)OC(=O)NC(CO)c1cccc(N2CCOCC2)c1F. The molecule has 0 aliphatic carbocycles. The number of nitrogens with one attached hydrogen (secondary N) is 1. The van der Waals surface area contributed by atoms with E-state index in [2.05, 4.69) is 5.32 Å². The molecule has 2 rings (SSSR count). The zero-order valence-electron chi connectivity index (χ0n) is 14.3. The maximum atomic E-state index is 14.9. The summed E-state index contributed by atoms with van der Waals surface area (Å²) in [6.45, 7) is 7.07. The fourth-order valence-corrected chi connectivity index (χ4v) is 2.53. The van der Waals surface area contributed by atoms with Gasteiger partial charge in [-0.25, -0.2) is 9.18 Å². The third kappa shape index (κ3) is 4.82. The first-order valence-electron chi connectivity index (χ1n) is 8.03. The molecule has 1 unspecified atom stereocenters. The Morgan fingerprint density at radius 2 is 2.08 bits per heavy atom. The molecular formula is C17H25FN2O4. The van der Waals surface area contributed by atoms with E-state index in [1.54, 1.807) is 39.0 Å². The molecule has 7 heteroatoms. The Kier molecular flexibility index (Phi) is 6.01. The van der Waals surface area contributed by atoms with Gasteiger partial charge in [0.15, 0.2) is 5.82 Å². The zero-order valence-corrected chi connectivity index (χ0v) is 14.3. The molecule has 1 amide bonds. The lowest BCUT2D eigenvalue weighted by atomic mass is 10.1. The number of ether oxygens (including phenoxy) is 2. The number of halogens is 1. The quantitative estimate of drug-likeness (QED) is 0.879. The van der Waals surface area contributed by atoms with Crippen molar-refractivity contribution in [1.82, 2.24) is 5.32 Å². The van der Waals surface area contributed by atoms with Crippen molar-refractivity contribution >= 4 is 11.8 Å². The minimum atomic E-state index is -0.874. The van der Waals surface area contributed by atoms with E-state index in [0.29, 0.717) is 32.0 Å². The van der Waals surface area contributed by atoms with Gasteiger partial charge in [-0.2, -0.15) is 0 Å². The van der Waals surface area contributed by atoms with Crippen LogP contribution in [-0.4, -0.2) is 49.7 Å². The van der Waals surface area contributed by atoms with Crippen LogP contribution in [0.5, 0.6) is 0 Å². The molecule has 134 valence electrons. The first-order valence-corrected chi connectivity index (χ1v) is 8.03. The second-order valence-electron chi connectivity index (χ2n) is 6.66. The molecule has 1 aliphatic heterocycles. The molecule has 1 aliphatic rings. The molecule has 6 nitrogen and oxygen atoms in total. The van der Waals surface area contributed by atoms with Crippen LogP contribution in [0.4, 0.5) is 14.9 Å². The number of hydrogen-bond acceptors (Lipinski definition) is 5. The van der Waals surface area contributed by atoms with Crippen LogP contribution < -0.4 is 10.2 Å². The van der Waals surface area contributed by atoms with E-state index in [1.165, 1.54) is 0 Å². The van der Waals surface area contributed by atoms with Gasteiger partial charge in [-0.15, -0.1) is 0 Å². The largest absolute Gasteiger partial charge is 0.444 e. The molecule has 1 fully saturated rings. The minimum absolute atomic E-state index is 0.229. The Morgan fingerprint density at radius 3 is 2.67 bits per heavy atom. The highest BCUT2D eigenvalue weighted by atomic mass is 19.1. The van der Waals surface area contributed by atoms with Gasteiger partial charge in [0.05, 0.1) is 31.5 Å². The van der Waals surface area contributed by atoms with Gasteiger partial charge in [0.25, 0.3) is 0 Å². The molecule has 0 saturated carbocycles. The van der Waals surface area contributed by atoms with Crippen molar-refractivity contribution in [1.29, 1.82) is 0 Å². The van der Waals surface area contributed by atoms with Gasteiger partial charge in [-0.3, -0.25) is 0 Å². The van der Waals surface area contributed by atoms with E-state index in [1.807, 2.05) is 4.90 Å². The van der Waals surface area contributed by atoms with Gasteiger partial charge < -0.3 is 24.8 Å². The van der Waals surface area contributed by atoms with Crippen LogP contribution in [0.2, 0.25) is 0 Å². The molecule has 0 aromatic heterocycles. The number of hydrogen-bond donors (Lipinski definition) is 2. The number of amides is 1. The molecule has 1 saturated heterocycles. The number of morpholine rings is 1. The summed E-state index contributed by atoms with van der Waals surface area (Å²) in [6, 6.07) is 4.08. The number of nitrogens with zero attached hydrogens (tertiary/aromatic N) is 1. The molecule has 1 atom stereocenters. The molecule has 24 heavy (non-hydrogen) atoms. The summed E-state index contributed by atoms with van der Waals surface area (Å²) < 4.78 is 25.3. The average molecular weight is 340 g/mol. The smallest absolute Gasteiger partial charge is 0.408 e. The predicted molar refractivity (Wildman–Crippen MR) is 88.6 cm³/mol. The van der Waals surface area contributed by atoms with E-state index in [9.17, 15) is 14.3 Å². The molecule has 2 N–H and O–H groups in total. The normalized spacial score (nSPS) is 16.6. The van der Waals surface area contributed by atoms with Crippen LogP contribution in [0, 0.1) is 5.82 Å². The maximum absolute atomic E-state index is 14.9. The van der Waals surface area contributed by atoms with Gasteiger partial charge in [0.2, 0.25) is 0 Å². The van der Waals surface area contributed by atoms with Crippen LogP contribution >= 0.6 is 0 Å². The van der Waals surface area contributed by atoms with Crippen molar-refractivity contribution in [3.63, 3.8) is 0 Å².